The molecule has 0 bridgehead atoms. The van der Waals surface area contributed by atoms with E-state index in [9.17, 15) is 9.59 Å². The van der Waals surface area contributed by atoms with E-state index in [1.54, 1.807) is 26.2 Å². The van der Waals surface area contributed by atoms with Gasteiger partial charge in [-0.15, -0.1) is 0 Å². The van der Waals surface area contributed by atoms with E-state index in [1.165, 1.54) is 11.8 Å². The number of rotatable bonds is 7. The van der Waals surface area contributed by atoms with Crippen LogP contribution in [0.4, 0.5) is 4.79 Å². The quantitative estimate of drug-likeness (QED) is 0.730. The molecule has 0 aliphatic carbocycles. The van der Waals surface area contributed by atoms with E-state index in [2.05, 4.69) is 15.6 Å². The summed E-state index contributed by atoms with van der Waals surface area (Å²) in [6.07, 6.45) is 0. The van der Waals surface area contributed by atoms with E-state index < -0.39 is 6.03 Å². The van der Waals surface area contributed by atoms with E-state index in [1.807, 2.05) is 10.6 Å². The summed E-state index contributed by atoms with van der Waals surface area (Å²) in [4.78, 5) is 27.7. The SMILES string of the molecule is CCNC(=O)NC(=O)CSc1nc2cc(Cl)ccc2n1CCOC. The average Bonchev–Trinajstić information content (AvgIpc) is 2.87. The lowest BCUT2D eigenvalue weighted by Gasteiger charge is -2.08. The van der Waals surface area contributed by atoms with Gasteiger partial charge in [0.15, 0.2) is 5.16 Å². The summed E-state index contributed by atoms with van der Waals surface area (Å²) in [5, 5.41) is 6.05. The molecule has 24 heavy (non-hydrogen) atoms. The number of hydrogen-bond donors (Lipinski definition) is 2. The topological polar surface area (TPSA) is 85.3 Å². The van der Waals surface area contributed by atoms with Crippen molar-refractivity contribution in [3.8, 4) is 0 Å². The maximum absolute atomic E-state index is 11.8. The van der Waals surface area contributed by atoms with Crippen molar-refractivity contribution in [1.82, 2.24) is 20.2 Å². The first-order valence-electron chi connectivity index (χ1n) is 7.40. The molecule has 130 valence electrons. The van der Waals surface area contributed by atoms with Crippen molar-refractivity contribution in [3.63, 3.8) is 0 Å². The van der Waals surface area contributed by atoms with Gasteiger partial charge in [0.1, 0.15) is 0 Å². The van der Waals surface area contributed by atoms with Gasteiger partial charge >= 0.3 is 6.03 Å². The largest absolute Gasteiger partial charge is 0.383 e. The number of nitrogens with one attached hydrogen (secondary N) is 2. The normalized spacial score (nSPS) is 10.8. The summed E-state index contributed by atoms with van der Waals surface area (Å²) in [5.74, 6) is -0.296. The summed E-state index contributed by atoms with van der Waals surface area (Å²) in [5.41, 5.74) is 1.67. The van der Waals surface area contributed by atoms with Gasteiger partial charge in [-0.25, -0.2) is 9.78 Å². The molecule has 1 aromatic carbocycles. The highest BCUT2D eigenvalue weighted by Gasteiger charge is 2.14. The van der Waals surface area contributed by atoms with E-state index in [0.29, 0.717) is 29.9 Å². The third kappa shape index (κ3) is 4.86. The number of benzene rings is 1. The Kier molecular flexibility index (Phi) is 6.89. The molecule has 2 rings (SSSR count). The van der Waals surface area contributed by atoms with Crippen LogP contribution >= 0.6 is 23.4 Å². The van der Waals surface area contributed by atoms with Crippen molar-refractivity contribution in [3.05, 3.63) is 23.2 Å². The fourth-order valence-electron chi connectivity index (χ4n) is 2.09. The number of ether oxygens (including phenoxy) is 1. The monoisotopic (exact) mass is 370 g/mol. The maximum atomic E-state index is 11.8. The third-order valence-electron chi connectivity index (χ3n) is 3.12. The number of fused-ring (bicyclic) bond motifs is 1. The number of nitrogens with zero attached hydrogens (tertiary/aromatic N) is 2. The van der Waals surface area contributed by atoms with Crippen molar-refractivity contribution >= 4 is 46.3 Å². The van der Waals surface area contributed by atoms with Gasteiger partial charge in [-0.1, -0.05) is 23.4 Å². The predicted octanol–water partition coefficient (Wildman–Crippen LogP) is 2.27. The Labute approximate surface area is 149 Å². The van der Waals surface area contributed by atoms with Crippen molar-refractivity contribution in [2.45, 2.75) is 18.6 Å². The van der Waals surface area contributed by atoms with Crippen LogP contribution in [-0.4, -0.2) is 47.5 Å². The number of carbonyl (C=O) groups excluding carboxylic acids is 2. The summed E-state index contributed by atoms with van der Waals surface area (Å²) in [6.45, 7) is 3.36. The molecule has 2 N–H and O–H groups in total. The fourth-order valence-corrected chi connectivity index (χ4v) is 3.09. The Morgan fingerprint density at radius 1 is 1.42 bits per heavy atom. The number of thioether (sulfide) groups is 1. The lowest BCUT2D eigenvalue weighted by atomic mass is 10.3. The Bertz CT molecular complexity index is 735. The number of imide groups is 1. The molecular weight excluding hydrogens is 352 g/mol. The Morgan fingerprint density at radius 2 is 2.21 bits per heavy atom. The second-order valence-electron chi connectivity index (χ2n) is 4.87. The highest BCUT2D eigenvalue weighted by Crippen LogP contribution is 2.26. The number of aromatic nitrogens is 2. The van der Waals surface area contributed by atoms with Gasteiger partial charge in [0, 0.05) is 25.2 Å². The molecular formula is C15H19ClN4O3S. The molecule has 1 aromatic heterocycles. The van der Waals surface area contributed by atoms with E-state index in [0.717, 1.165) is 11.0 Å². The van der Waals surface area contributed by atoms with Crippen LogP contribution in [0.1, 0.15) is 6.92 Å². The van der Waals surface area contributed by atoms with E-state index in [-0.39, 0.29) is 11.7 Å². The number of amides is 3. The van der Waals surface area contributed by atoms with Crippen molar-refractivity contribution in [1.29, 1.82) is 0 Å². The van der Waals surface area contributed by atoms with Gasteiger partial charge in [-0.2, -0.15) is 0 Å². The number of imidazole rings is 1. The molecule has 0 radical (unpaired) electrons. The minimum absolute atomic E-state index is 0.0845. The van der Waals surface area contributed by atoms with Gasteiger partial charge in [-0.3, -0.25) is 10.1 Å². The van der Waals surface area contributed by atoms with Gasteiger partial charge in [0.05, 0.1) is 23.4 Å². The van der Waals surface area contributed by atoms with Crippen LogP contribution < -0.4 is 10.6 Å². The lowest BCUT2D eigenvalue weighted by Crippen LogP contribution is -2.40. The van der Waals surface area contributed by atoms with Crippen molar-refractivity contribution < 1.29 is 14.3 Å². The van der Waals surface area contributed by atoms with Crippen LogP contribution in [0.2, 0.25) is 5.02 Å². The third-order valence-corrected chi connectivity index (χ3v) is 4.33. The minimum atomic E-state index is -0.497. The van der Waals surface area contributed by atoms with Crippen LogP contribution in [-0.2, 0) is 16.1 Å². The van der Waals surface area contributed by atoms with Gasteiger partial charge in [-0.05, 0) is 25.1 Å². The average molecular weight is 371 g/mol. The summed E-state index contributed by atoms with van der Waals surface area (Å²) >= 11 is 7.27. The van der Waals surface area contributed by atoms with Crippen LogP contribution in [0.5, 0.6) is 0 Å². The molecule has 0 spiro atoms. The van der Waals surface area contributed by atoms with Gasteiger partial charge in [0.2, 0.25) is 5.91 Å². The van der Waals surface area contributed by atoms with Gasteiger partial charge in [0.25, 0.3) is 0 Å². The number of methoxy groups -OCH3 is 1. The zero-order valence-electron chi connectivity index (χ0n) is 13.5. The summed E-state index contributed by atoms with van der Waals surface area (Å²) in [6, 6.07) is 4.96. The first-order valence-corrected chi connectivity index (χ1v) is 8.76. The number of urea groups is 1. The minimum Gasteiger partial charge on any atom is -0.383 e. The van der Waals surface area contributed by atoms with Crippen molar-refractivity contribution in [2.24, 2.45) is 0 Å². The second-order valence-corrected chi connectivity index (χ2v) is 6.25. The Hall–Kier alpha value is -1.77. The molecule has 0 saturated carbocycles. The zero-order chi connectivity index (χ0) is 17.5. The lowest BCUT2D eigenvalue weighted by molar-refractivity contribution is -0.117. The molecule has 0 aliphatic heterocycles. The van der Waals surface area contributed by atoms with E-state index in [4.69, 9.17) is 16.3 Å². The molecule has 0 saturated heterocycles. The van der Waals surface area contributed by atoms with Crippen molar-refractivity contribution in [2.75, 3.05) is 26.0 Å². The van der Waals surface area contributed by atoms with Crippen LogP contribution in [0.25, 0.3) is 11.0 Å². The molecule has 2 aromatic rings. The molecule has 7 nitrogen and oxygen atoms in total. The number of carbonyl (C=O) groups is 2. The number of hydrogen-bond acceptors (Lipinski definition) is 5. The van der Waals surface area contributed by atoms with Crippen LogP contribution in [0.3, 0.4) is 0 Å². The smallest absolute Gasteiger partial charge is 0.321 e. The highest BCUT2D eigenvalue weighted by atomic mass is 35.5. The molecule has 0 aliphatic rings. The molecule has 1 heterocycles. The number of halogens is 1. The standard InChI is InChI=1S/C15H19ClN4O3S/c1-3-17-14(22)19-13(21)9-24-15-18-11-8-10(16)4-5-12(11)20(15)6-7-23-2/h4-5,8H,3,6-7,9H2,1-2H3,(H2,17,19,21,22). The van der Waals surface area contributed by atoms with Crippen LogP contribution in [0.15, 0.2) is 23.4 Å². The Balaban J connectivity index is 2.12. The highest BCUT2D eigenvalue weighted by molar-refractivity contribution is 7.99. The van der Waals surface area contributed by atoms with Crippen LogP contribution in [0, 0.1) is 0 Å². The van der Waals surface area contributed by atoms with Gasteiger partial charge < -0.3 is 14.6 Å². The molecule has 0 atom stereocenters. The molecule has 3 amide bonds. The van der Waals surface area contributed by atoms with E-state index >= 15 is 0 Å². The zero-order valence-corrected chi connectivity index (χ0v) is 15.0. The Morgan fingerprint density at radius 3 is 2.92 bits per heavy atom. The molecule has 0 unspecified atom stereocenters. The summed E-state index contributed by atoms with van der Waals surface area (Å²) in [7, 11) is 1.63. The molecule has 0 fully saturated rings. The maximum Gasteiger partial charge on any atom is 0.321 e. The predicted molar refractivity (Wildman–Crippen MR) is 94.6 cm³/mol. The first kappa shape index (κ1) is 18.6. The first-order chi connectivity index (χ1) is 11.5. The molecule has 9 heteroatoms. The second kappa shape index (κ2) is 8.91. The fraction of sp³-hybridized carbons (Fsp3) is 0.400. The summed E-state index contributed by atoms with van der Waals surface area (Å²) < 4.78 is 7.10.